The summed E-state index contributed by atoms with van der Waals surface area (Å²) in [7, 11) is -2.13. The zero-order chi connectivity index (χ0) is 20.0. The molecule has 0 aliphatic heterocycles. The summed E-state index contributed by atoms with van der Waals surface area (Å²) in [4.78, 5) is 12.4. The number of carbonyl (C=O) groups is 1. The van der Waals surface area contributed by atoms with Gasteiger partial charge in [-0.25, -0.2) is 13.1 Å². The minimum Gasteiger partial charge on any atom is -0.496 e. The predicted octanol–water partition coefficient (Wildman–Crippen LogP) is 2.70. The van der Waals surface area contributed by atoms with Crippen molar-refractivity contribution >= 4 is 15.9 Å². The highest BCUT2D eigenvalue weighted by atomic mass is 32.2. The molecule has 0 saturated heterocycles. The number of hydrogen-bond acceptors (Lipinski definition) is 5. The van der Waals surface area contributed by atoms with E-state index < -0.39 is 10.0 Å². The van der Waals surface area contributed by atoms with Crippen LogP contribution in [0.15, 0.2) is 76.2 Å². The maximum Gasteiger partial charge on any atom is 0.251 e. The van der Waals surface area contributed by atoms with E-state index in [4.69, 9.17) is 9.15 Å². The van der Waals surface area contributed by atoms with Crippen LogP contribution >= 0.6 is 0 Å². The Morgan fingerprint density at radius 1 is 1.00 bits per heavy atom. The van der Waals surface area contributed by atoms with Crippen LogP contribution in [0.4, 0.5) is 0 Å². The Labute approximate surface area is 163 Å². The molecule has 0 radical (unpaired) electrons. The second kappa shape index (κ2) is 8.73. The average Bonchev–Trinajstić information content (AvgIpc) is 3.24. The molecule has 2 N–H and O–H groups in total. The van der Waals surface area contributed by atoms with Gasteiger partial charge in [0.2, 0.25) is 10.0 Å². The maximum atomic E-state index is 12.3. The number of carbonyl (C=O) groups excluding carboxylic acids is 1. The molecule has 1 aromatic heterocycles. The van der Waals surface area contributed by atoms with E-state index in [9.17, 15) is 13.2 Å². The lowest BCUT2D eigenvalue weighted by atomic mass is 10.2. The summed E-state index contributed by atoms with van der Waals surface area (Å²) >= 11 is 0. The van der Waals surface area contributed by atoms with E-state index in [1.54, 1.807) is 19.2 Å². The second-order valence-corrected chi connectivity index (χ2v) is 7.69. The molecule has 0 unspecified atom stereocenters. The molecule has 0 fully saturated rings. The van der Waals surface area contributed by atoms with Gasteiger partial charge in [0.05, 0.1) is 24.8 Å². The molecular weight excluding hydrogens is 380 g/mol. The first kappa shape index (κ1) is 19.7. The van der Waals surface area contributed by atoms with Gasteiger partial charge < -0.3 is 14.5 Å². The Morgan fingerprint density at radius 3 is 2.43 bits per heavy atom. The number of para-hydroxylation sites is 1. The van der Waals surface area contributed by atoms with E-state index in [2.05, 4.69) is 10.0 Å². The Balaban J connectivity index is 1.62. The number of rotatable bonds is 8. The lowest BCUT2D eigenvalue weighted by Gasteiger charge is -2.10. The van der Waals surface area contributed by atoms with Crippen molar-refractivity contribution in [2.24, 2.45) is 0 Å². The predicted molar refractivity (Wildman–Crippen MR) is 103 cm³/mol. The van der Waals surface area contributed by atoms with E-state index in [0.717, 1.165) is 5.56 Å². The van der Waals surface area contributed by atoms with Crippen molar-refractivity contribution in [2.45, 2.75) is 18.0 Å². The van der Waals surface area contributed by atoms with Crippen molar-refractivity contribution < 1.29 is 22.4 Å². The van der Waals surface area contributed by atoms with Crippen molar-refractivity contribution in [1.82, 2.24) is 10.0 Å². The van der Waals surface area contributed by atoms with Crippen LogP contribution in [0.5, 0.6) is 5.75 Å². The molecule has 28 heavy (non-hydrogen) atoms. The highest BCUT2D eigenvalue weighted by molar-refractivity contribution is 7.89. The molecule has 0 saturated carbocycles. The molecule has 3 rings (SSSR count). The molecule has 2 aromatic carbocycles. The number of hydrogen-bond donors (Lipinski definition) is 2. The molecule has 3 aromatic rings. The molecule has 1 amide bonds. The first-order valence-electron chi connectivity index (χ1n) is 8.52. The smallest absolute Gasteiger partial charge is 0.251 e. The third-order valence-corrected chi connectivity index (χ3v) is 5.49. The highest BCUT2D eigenvalue weighted by Crippen LogP contribution is 2.17. The average molecular weight is 400 g/mol. The topological polar surface area (TPSA) is 97.6 Å². The van der Waals surface area contributed by atoms with Crippen LogP contribution in [-0.2, 0) is 23.1 Å². The summed E-state index contributed by atoms with van der Waals surface area (Å²) in [5, 5.41) is 2.80. The fraction of sp³-hybridized carbons (Fsp3) is 0.150. The van der Waals surface area contributed by atoms with Crippen LogP contribution in [0.1, 0.15) is 21.7 Å². The number of benzene rings is 2. The zero-order valence-corrected chi connectivity index (χ0v) is 16.0. The van der Waals surface area contributed by atoms with E-state index in [0.29, 0.717) is 23.6 Å². The Kier molecular flexibility index (Phi) is 6.13. The van der Waals surface area contributed by atoms with E-state index >= 15 is 0 Å². The maximum absolute atomic E-state index is 12.3. The molecule has 8 heteroatoms. The number of amides is 1. The summed E-state index contributed by atoms with van der Waals surface area (Å²) in [6.07, 6.45) is 1.47. The molecule has 0 bridgehead atoms. The number of nitrogens with one attached hydrogen (secondary N) is 2. The highest BCUT2D eigenvalue weighted by Gasteiger charge is 2.15. The van der Waals surface area contributed by atoms with Gasteiger partial charge in [0.1, 0.15) is 11.5 Å². The molecular formula is C20H20N2O5S. The third kappa shape index (κ3) is 4.79. The summed E-state index contributed by atoms with van der Waals surface area (Å²) in [6, 6.07) is 16.5. The Bertz CT molecular complexity index is 1030. The molecule has 0 atom stereocenters. The van der Waals surface area contributed by atoms with Crippen molar-refractivity contribution in [3.8, 4) is 5.75 Å². The lowest BCUT2D eigenvalue weighted by Crippen LogP contribution is -2.24. The van der Waals surface area contributed by atoms with Crippen molar-refractivity contribution in [3.63, 3.8) is 0 Å². The van der Waals surface area contributed by atoms with E-state index in [1.165, 1.54) is 30.5 Å². The SMILES string of the molecule is COc1ccccc1CNC(=O)c1ccc(S(=O)(=O)NCc2ccco2)cc1. The first-order chi connectivity index (χ1) is 13.5. The van der Waals surface area contributed by atoms with Gasteiger partial charge in [0.25, 0.3) is 5.91 Å². The molecule has 0 aliphatic rings. The van der Waals surface area contributed by atoms with Crippen LogP contribution < -0.4 is 14.8 Å². The summed E-state index contributed by atoms with van der Waals surface area (Å²) < 4.78 is 37.5. The van der Waals surface area contributed by atoms with Crippen LogP contribution in [0.25, 0.3) is 0 Å². The third-order valence-electron chi connectivity index (χ3n) is 4.08. The van der Waals surface area contributed by atoms with E-state index in [1.807, 2.05) is 24.3 Å². The fourth-order valence-electron chi connectivity index (χ4n) is 2.57. The second-order valence-electron chi connectivity index (χ2n) is 5.92. The lowest BCUT2D eigenvalue weighted by molar-refractivity contribution is 0.0950. The minimum atomic E-state index is -3.70. The van der Waals surface area contributed by atoms with Crippen LogP contribution in [0.2, 0.25) is 0 Å². The number of methoxy groups -OCH3 is 1. The summed E-state index contributed by atoms with van der Waals surface area (Å²) in [6.45, 7) is 0.351. The molecule has 146 valence electrons. The van der Waals surface area contributed by atoms with Gasteiger partial charge in [-0.2, -0.15) is 0 Å². The van der Waals surface area contributed by atoms with Gasteiger partial charge in [-0.3, -0.25) is 4.79 Å². The van der Waals surface area contributed by atoms with Crippen LogP contribution in [0.3, 0.4) is 0 Å². The molecule has 0 aliphatic carbocycles. The largest absolute Gasteiger partial charge is 0.496 e. The minimum absolute atomic E-state index is 0.0521. The molecule has 7 nitrogen and oxygen atoms in total. The van der Waals surface area contributed by atoms with Gasteiger partial charge >= 0.3 is 0 Å². The van der Waals surface area contributed by atoms with Gasteiger partial charge in [-0.15, -0.1) is 0 Å². The van der Waals surface area contributed by atoms with Gasteiger partial charge in [-0.1, -0.05) is 18.2 Å². The fourth-order valence-corrected chi connectivity index (χ4v) is 3.57. The summed E-state index contributed by atoms with van der Waals surface area (Å²) in [5.74, 6) is 0.890. The van der Waals surface area contributed by atoms with Gasteiger partial charge in [0.15, 0.2) is 0 Å². The quantitative estimate of drug-likeness (QED) is 0.606. The first-order valence-corrected chi connectivity index (χ1v) is 10.00. The number of furan rings is 1. The van der Waals surface area contributed by atoms with Gasteiger partial charge in [-0.05, 0) is 42.5 Å². The Hall–Kier alpha value is -3.10. The van der Waals surface area contributed by atoms with Crippen molar-refractivity contribution in [1.29, 1.82) is 0 Å². The van der Waals surface area contributed by atoms with Crippen LogP contribution in [0, 0.1) is 0 Å². The number of sulfonamides is 1. The van der Waals surface area contributed by atoms with Crippen molar-refractivity contribution in [3.05, 3.63) is 83.8 Å². The molecule has 1 heterocycles. The monoisotopic (exact) mass is 400 g/mol. The zero-order valence-electron chi connectivity index (χ0n) is 15.2. The number of ether oxygens (including phenoxy) is 1. The van der Waals surface area contributed by atoms with Crippen molar-refractivity contribution in [2.75, 3.05) is 7.11 Å². The van der Waals surface area contributed by atoms with Gasteiger partial charge in [0, 0.05) is 17.7 Å². The normalized spacial score (nSPS) is 11.2. The summed E-state index contributed by atoms with van der Waals surface area (Å²) in [5.41, 5.74) is 1.21. The van der Waals surface area contributed by atoms with Crippen LogP contribution in [-0.4, -0.2) is 21.4 Å². The molecule has 0 spiro atoms. The standard InChI is InChI=1S/C20H20N2O5S/c1-26-19-7-3-2-5-16(19)13-21-20(23)15-8-10-18(11-9-15)28(24,25)22-14-17-6-4-12-27-17/h2-12,22H,13-14H2,1H3,(H,21,23). The van der Waals surface area contributed by atoms with E-state index in [-0.39, 0.29) is 17.3 Å². The Morgan fingerprint density at radius 2 is 1.75 bits per heavy atom.